The monoisotopic (exact) mass is 487 g/mol. The highest BCUT2D eigenvalue weighted by atomic mass is 32.2. The second kappa shape index (κ2) is 10.8. The molecular formula is C24H29N3O6S. The topological polar surface area (TPSA) is 113 Å². The maximum Gasteiger partial charge on any atom is 0.338 e. The summed E-state index contributed by atoms with van der Waals surface area (Å²) in [4.78, 5) is 38.3. The molecule has 0 atom stereocenters. The van der Waals surface area contributed by atoms with Gasteiger partial charge in [-0.2, -0.15) is 4.31 Å². The van der Waals surface area contributed by atoms with E-state index in [0.29, 0.717) is 43.0 Å². The molecule has 0 bridgehead atoms. The van der Waals surface area contributed by atoms with Crippen molar-refractivity contribution in [3.8, 4) is 0 Å². The van der Waals surface area contributed by atoms with Crippen LogP contribution < -0.4 is 10.2 Å². The lowest BCUT2D eigenvalue weighted by Gasteiger charge is -2.19. The van der Waals surface area contributed by atoms with Gasteiger partial charge in [0, 0.05) is 37.4 Å². The van der Waals surface area contributed by atoms with Gasteiger partial charge in [-0.05, 0) is 55.3 Å². The summed E-state index contributed by atoms with van der Waals surface area (Å²) in [5.41, 5.74) is 1.97. The average Bonchev–Trinajstić information content (AvgIpc) is 3.25. The minimum absolute atomic E-state index is 0.0521. The van der Waals surface area contributed by atoms with Gasteiger partial charge in [0.25, 0.3) is 5.91 Å². The number of hydrogen-bond donors (Lipinski definition) is 1. The molecule has 1 heterocycles. The number of carbonyl (C=O) groups is 3. The van der Waals surface area contributed by atoms with Gasteiger partial charge in [0.1, 0.15) is 0 Å². The van der Waals surface area contributed by atoms with Gasteiger partial charge in [-0.3, -0.25) is 9.59 Å². The van der Waals surface area contributed by atoms with E-state index in [-0.39, 0.29) is 16.4 Å². The van der Waals surface area contributed by atoms with E-state index in [1.165, 1.54) is 16.4 Å². The zero-order valence-corrected chi connectivity index (χ0v) is 20.4. The van der Waals surface area contributed by atoms with Crippen LogP contribution in [-0.2, 0) is 24.3 Å². The molecular weight excluding hydrogens is 458 g/mol. The molecule has 2 aromatic carbocycles. The third kappa shape index (κ3) is 5.63. The van der Waals surface area contributed by atoms with Crippen LogP contribution in [0.3, 0.4) is 0 Å². The zero-order chi connectivity index (χ0) is 24.9. The van der Waals surface area contributed by atoms with E-state index < -0.39 is 28.5 Å². The largest absolute Gasteiger partial charge is 0.452 e. The Balaban J connectivity index is 1.61. The van der Waals surface area contributed by atoms with Crippen LogP contribution in [0.15, 0.2) is 47.4 Å². The van der Waals surface area contributed by atoms with Gasteiger partial charge in [0.2, 0.25) is 15.9 Å². The number of nitrogens with one attached hydrogen (secondary N) is 1. The number of benzene rings is 2. The molecule has 1 aliphatic rings. The Morgan fingerprint density at radius 1 is 1.09 bits per heavy atom. The molecule has 1 fully saturated rings. The first kappa shape index (κ1) is 25.4. The van der Waals surface area contributed by atoms with Crippen LogP contribution in [0.25, 0.3) is 0 Å². The van der Waals surface area contributed by atoms with E-state index in [4.69, 9.17) is 4.74 Å². The molecule has 0 unspecified atom stereocenters. The second-order valence-corrected chi connectivity index (χ2v) is 9.82. The van der Waals surface area contributed by atoms with Crippen molar-refractivity contribution in [3.05, 3.63) is 53.6 Å². The Bertz CT molecular complexity index is 1170. The van der Waals surface area contributed by atoms with Crippen LogP contribution in [-0.4, -0.2) is 56.7 Å². The fourth-order valence-electron chi connectivity index (χ4n) is 3.71. The number of sulfonamides is 1. The van der Waals surface area contributed by atoms with Crippen LogP contribution in [0.2, 0.25) is 0 Å². The fourth-order valence-corrected chi connectivity index (χ4v) is 5.19. The Morgan fingerprint density at radius 2 is 1.76 bits per heavy atom. The second-order valence-electron chi connectivity index (χ2n) is 7.89. The predicted octanol–water partition coefficient (Wildman–Crippen LogP) is 2.95. The summed E-state index contributed by atoms with van der Waals surface area (Å²) in [6, 6.07) is 11.0. The molecule has 34 heavy (non-hydrogen) atoms. The van der Waals surface area contributed by atoms with Gasteiger partial charge in [0.15, 0.2) is 6.61 Å². The van der Waals surface area contributed by atoms with E-state index in [1.54, 1.807) is 56.0 Å². The number of esters is 1. The van der Waals surface area contributed by atoms with Gasteiger partial charge in [0.05, 0.1) is 10.5 Å². The molecule has 2 amide bonds. The van der Waals surface area contributed by atoms with Crippen LogP contribution in [0.4, 0.5) is 11.4 Å². The van der Waals surface area contributed by atoms with Gasteiger partial charge in [-0.25, -0.2) is 13.2 Å². The summed E-state index contributed by atoms with van der Waals surface area (Å²) < 4.78 is 32.0. The van der Waals surface area contributed by atoms with E-state index in [1.807, 2.05) is 0 Å². The highest BCUT2D eigenvalue weighted by Crippen LogP contribution is 2.24. The summed E-state index contributed by atoms with van der Waals surface area (Å²) in [6.45, 7) is 6.04. The molecule has 3 rings (SSSR count). The number of ether oxygens (including phenoxy) is 1. The molecule has 1 N–H and O–H groups in total. The van der Waals surface area contributed by atoms with E-state index in [2.05, 4.69) is 5.32 Å². The fraction of sp³-hybridized carbons (Fsp3) is 0.375. The third-order valence-electron chi connectivity index (χ3n) is 5.65. The first-order valence-electron chi connectivity index (χ1n) is 11.2. The smallest absolute Gasteiger partial charge is 0.338 e. The summed E-state index contributed by atoms with van der Waals surface area (Å²) >= 11 is 0. The first-order valence-corrected chi connectivity index (χ1v) is 12.6. The van der Waals surface area contributed by atoms with Crippen molar-refractivity contribution in [3.63, 3.8) is 0 Å². The van der Waals surface area contributed by atoms with Gasteiger partial charge < -0.3 is 15.0 Å². The number of hydrogen-bond acceptors (Lipinski definition) is 6. The zero-order valence-electron chi connectivity index (χ0n) is 19.5. The molecule has 0 saturated carbocycles. The van der Waals surface area contributed by atoms with Gasteiger partial charge in [-0.1, -0.05) is 19.9 Å². The van der Waals surface area contributed by atoms with E-state index >= 15 is 0 Å². The van der Waals surface area contributed by atoms with Crippen molar-refractivity contribution in [1.82, 2.24) is 4.31 Å². The standard InChI is InChI=1S/C24H29N3O6S/c1-4-26(5-2)34(31,32)20-13-8-17(3)21(15-20)25-22(28)16-33-24(30)18-9-11-19(12-10-18)27-14-6-7-23(27)29/h8-13,15H,4-7,14,16H2,1-3H3,(H,25,28). The lowest BCUT2D eigenvalue weighted by atomic mass is 10.2. The molecule has 10 heteroatoms. The molecule has 1 aliphatic heterocycles. The molecule has 182 valence electrons. The van der Waals surface area contributed by atoms with E-state index in [0.717, 1.165) is 6.42 Å². The minimum Gasteiger partial charge on any atom is -0.452 e. The molecule has 0 aliphatic carbocycles. The lowest BCUT2D eigenvalue weighted by Crippen LogP contribution is -2.30. The highest BCUT2D eigenvalue weighted by Gasteiger charge is 2.23. The van der Waals surface area contributed by atoms with Crippen molar-refractivity contribution < 1.29 is 27.5 Å². The van der Waals surface area contributed by atoms with Gasteiger partial charge in [-0.15, -0.1) is 0 Å². The SMILES string of the molecule is CCN(CC)S(=O)(=O)c1ccc(C)c(NC(=O)COC(=O)c2ccc(N3CCCC3=O)cc2)c1. The quantitative estimate of drug-likeness (QED) is 0.544. The summed E-state index contributed by atoms with van der Waals surface area (Å²) in [7, 11) is -3.68. The molecule has 9 nitrogen and oxygen atoms in total. The van der Waals surface area contributed by atoms with Crippen molar-refractivity contribution in [1.29, 1.82) is 0 Å². The van der Waals surface area contributed by atoms with Crippen LogP contribution in [0, 0.1) is 6.92 Å². The van der Waals surface area contributed by atoms with Crippen molar-refractivity contribution in [2.75, 3.05) is 36.5 Å². The van der Waals surface area contributed by atoms with Gasteiger partial charge >= 0.3 is 5.97 Å². The predicted molar refractivity (Wildman–Crippen MR) is 128 cm³/mol. The average molecular weight is 488 g/mol. The number of aryl methyl sites for hydroxylation is 1. The molecule has 2 aromatic rings. The van der Waals surface area contributed by atoms with Crippen molar-refractivity contribution in [2.24, 2.45) is 0 Å². The third-order valence-corrected chi connectivity index (χ3v) is 7.69. The molecule has 1 saturated heterocycles. The Labute approximate surface area is 199 Å². The Hall–Kier alpha value is -3.24. The number of nitrogens with zero attached hydrogens (tertiary/aromatic N) is 2. The van der Waals surface area contributed by atoms with Crippen molar-refractivity contribution in [2.45, 2.75) is 38.5 Å². The Kier molecular flexibility index (Phi) is 8.06. The minimum atomic E-state index is -3.68. The maximum absolute atomic E-state index is 12.8. The lowest BCUT2D eigenvalue weighted by molar-refractivity contribution is -0.119. The molecule has 0 aromatic heterocycles. The Morgan fingerprint density at radius 3 is 2.35 bits per heavy atom. The van der Waals surface area contributed by atoms with E-state index in [9.17, 15) is 22.8 Å². The summed E-state index contributed by atoms with van der Waals surface area (Å²) in [6.07, 6.45) is 1.32. The first-order chi connectivity index (χ1) is 16.2. The normalized spacial score (nSPS) is 13.9. The summed E-state index contributed by atoms with van der Waals surface area (Å²) in [5.74, 6) is -1.21. The summed E-state index contributed by atoms with van der Waals surface area (Å²) in [5, 5.41) is 2.61. The number of amides is 2. The number of rotatable bonds is 9. The van der Waals surface area contributed by atoms with Crippen molar-refractivity contribution >= 4 is 39.2 Å². The van der Waals surface area contributed by atoms with Crippen LogP contribution >= 0.6 is 0 Å². The van der Waals surface area contributed by atoms with Crippen LogP contribution in [0.5, 0.6) is 0 Å². The highest BCUT2D eigenvalue weighted by molar-refractivity contribution is 7.89. The molecule has 0 spiro atoms. The maximum atomic E-state index is 12.8. The van der Waals surface area contributed by atoms with Crippen LogP contribution in [0.1, 0.15) is 42.6 Å². The number of carbonyl (C=O) groups excluding carboxylic acids is 3. The molecule has 0 radical (unpaired) electrons. The number of anilines is 2.